The summed E-state index contributed by atoms with van der Waals surface area (Å²) in [6, 6.07) is 0. The molecule has 1 saturated carbocycles. The van der Waals surface area contributed by atoms with Gasteiger partial charge in [0.2, 0.25) is 17.8 Å². The lowest BCUT2D eigenvalue weighted by molar-refractivity contribution is -0.557. The van der Waals surface area contributed by atoms with E-state index in [0.29, 0.717) is 18.8 Å². The molecule has 0 radical (unpaired) electrons. The summed E-state index contributed by atoms with van der Waals surface area (Å²) in [5, 5.41) is 2.85. The normalized spacial score (nSPS) is 46.5. The van der Waals surface area contributed by atoms with Crippen molar-refractivity contribution in [3.8, 4) is 0 Å². The Kier molecular flexibility index (Phi) is 3.92. The largest absolute Gasteiger partial charge is 0.456 e. The van der Waals surface area contributed by atoms with Crippen molar-refractivity contribution in [3.63, 3.8) is 0 Å². The lowest BCUT2D eigenvalue weighted by atomic mass is 9.59. The van der Waals surface area contributed by atoms with Crippen LogP contribution >= 0.6 is 0 Å². The smallest absolute Gasteiger partial charge is 0.449 e. The van der Waals surface area contributed by atoms with Crippen LogP contribution < -0.4 is 5.32 Å². The number of hydrogen-bond acceptors (Lipinski definition) is 5. The quantitative estimate of drug-likeness (QED) is 0.763. The molecule has 142 valence electrons. The van der Waals surface area contributed by atoms with Crippen molar-refractivity contribution in [2.45, 2.75) is 63.4 Å². The van der Waals surface area contributed by atoms with Crippen molar-refractivity contribution < 1.29 is 32.4 Å². The van der Waals surface area contributed by atoms with Crippen LogP contribution in [-0.4, -0.2) is 37.4 Å². The Bertz CT molecular complexity index is 595. The summed E-state index contributed by atoms with van der Waals surface area (Å²) in [5.74, 6) is -2.12. The molecule has 1 spiro atoms. The van der Waals surface area contributed by atoms with Gasteiger partial charge in [0.25, 0.3) is 0 Å². The maximum atomic E-state index is 13.7. The minimum absolute atomic E-state index is 0.0298. The minimum atomic E-state index is -4.57. The van der Waals surface area contributed by atoms with Crippen LogP contribution in [0.25, 0.3) is 0 Å². The predicted octanol–water partition coefficient (Wildman–Crippen LogP) is 3.27. The molecule has 3 saturated heterocycles. The average molecular weight is 363 g/mol. The summed E-state index contributed by atoms with van der Waals surface area (Å²) in [6.45, 7) is 3.91. The molecule has 1 aliphatic carbocycles. The van der Waals surface area contributed by atoms with Gasteiger partial charge in [0.1, 0.15) is 0 Å². The van der Waals surface area contributed by atoms with Crippen LogP contribution in [0.4, 0.5) is 13.2 Å². The van der Waals surface area contributed by atoms with Gasteiger partial charge in [0.15, 0.2) is 5.60 Å². The van der Waals surface area contributed by atoms with Crippen molar-refractivity contribution in [1.82, 2.24) is 5.32 Å². The summed E-state index contributed by atoms with van der Waals surface area (Å²) in [7, 11) is 1.63. The number of halogens is 3. The molecule has 0 aromatic heterocycles. The van der Waals surface area contributed by atoms with Gasteiger partial charge in [0.05, 0.1) is 0 Å². The molecule has 1 unspecified atom stereocenters. The molecule has 4 aliphatic heterocycles. The average Bonchev–Trinajstić information content (AvgIpc) is 2.76. The Morgan fingerprint density at radius 1 is 1.20 bits per heavy atom. The highest BCUT2D eigenvalue weighted by Crippen LogP contribution is 2.61. The molecule has 2 bridgehead atoms. The maximum absolute atomic E-state index is 13.7. The van der Waals surface area contributed by atoms with E-state index in [1.807, 2.05) is 0 Å². The van der Waals surface area contributed by atoms with E-state index < -0.39 is 35.5 Å². The number of hydrogen-bond donors (Lipinski definition) is 1. The standard InChI is InChI=1S/C17H24F3NO4/c1-9-4-5-12-10(8-21-3)13(17(18,19)20)22-14-16(12)11(9)6-7-15(2,23-14)24-25-16/h9,11-12,14,21H,4-8H2,1-3H3/t9-,11?,12+,14-,15-,16-/m1/s1. The number of rotatable bonds is 2. The molecule has 5 aliphatic rings. The SMILES string of the molecule is CNCC1=C(C(F)(F)F)O[C@@H]2O[C@@]3(C)CCC4[C@H](C)CC[C@@H]1[C@]42OO3. The van der Waals surface area contributed by atoms with Crippen molar-refractivity contribution >= 4 is 0 Å². The fourth-order valence-electron chi connectivity index (χ4n) is 5.13. The Morgan fingerprint density at radius 2 is 1.96 bits per heavy atom. The highest BCUT2D eigenvalue weighted by molar-refractivity contribution is 5.28. The molecule has 8 heteroatoms. The number of nitrogens with one attached hydrogen (secondary N) is 1. The van der Waals surface area contributed by atoms with E-state index in [9.17, 15) is 13.2 Å². The van der Waals surface area contributed by atoms with Crippen LogP contribution in [0.2, 0.25) is 0 Å². The van der Waals surface area contributed by atoms with Crippen molar-refractivity contribution in [2.75, 3.05) is 13.6 Å². The monoisotopic (exact) mass is 363 g/mol. The highest BCUT2D eigenvalue weighted by Gasteiger charge is 2.70. The lowest BCUT2D eigenvalue weighted by Gasteiger charge is -2.57. The number of allylic oxidation sites excluding steroid dienone is 1. The van der Waals surface area contributed by atoms with E-state index in [1.54, 1.807) is 14.0 Å². The van der Waals surface area contributed by atoms with Crippen LogP contribution in [0, 0.1) is 17.8 Å². The zero-order valence-electron chi connectivity index (χ0n) is 14.6. The third-order valence-electron chi connectivity index (χ3n) is 6.28. The number of ether oxygens (including phenoxy) is 2. The first-order chi connectivity index (χ1) is 11.7. The Balaban J connectivity index is 1.87. The van der Waals surface area contributed by atoms with E-state index in [1.165, 1.54) is 0 Å². The van der Waals surface area contributed by atoms with Gasteiger partial charge in [-0.05, 0) is 44.7 Å². The molecule has 6 atom stereocenters. The van der Waals surface area contributed by atoms with Crippen LogP contribution in [0.15, 0.2) is 11.3 Å². The van der Waals surface area contributed by atoms with Crippen LogP contribution in [0.1, 0.15) is 39.5 Å². The van der Waals surface area contributed by atoms with Gasteiger partial charge in [-0.15, -0.1) is 0 Å². The van der Waals surface area contributed by atoms with Gasteiger partial charge < -0.3 is 14.8 Å². The molecule has 0 aromatic rings. The van der Waals surface area contributed by atoms with Crippen LogP contribution in [0.5, 0.6) is 0 Å². The second-order valence-electron chi connectivity index (χ2n) is 7.86. The molecular formula is C17H24F3NO4. The van der Waals surface area contributed by atoms with Gasteiger partial charge in [-0.2, -0.15) is 13.2 Å². The van der Waals surface area contributed by atoms with Crippen LogP contribution in [-0.2, 0) is 19.2 Å². The zero-order valence-corrected chi connectivity index (χ0v) is 14.6. The molecular weight excluding hydrogens is 339 g/mol. The van der Waals surface area contributed by atoms with Crippen LogP contribution in [0.3, 0.4) is 0 Å². The maximum Gasteiger partial charge on any atom is 0.449 e. The van der Waals surface area contributed by atoms with Gasteiger partial charge in [-0.3, -0.25) is 0 Å². The fraction of sp³-hybridized carbons (Fsp3) is 0.882. The van der Waals surface area contributed by atoms with Gasteiger partial charge in [-0.1, -0.05) is 6.92 Å². The van der Waals surface area contributed by atoms with Gasteiger partial charge in [-0.25, -0.2) is 9.78 Å². The molecule has 1 N–H and O–H groups in total. The second kappa shape index (κ2) is 5.58. The third-order valence-corrected chi connectivity index (χ3v) is 6.28. The molecule has 0 amide bonds. The molecule has 5 rings (SSSR count). The summed E-state index contributed by atoms with van der Waals surface area (Å²) in [4.78, 5) is 11.4. The Morgan fingerprint density at radius 3 is 2.64 bits per heavy atom. The summed E-state index contributed by atoms with van der Waals surface area (Å²) in [5.41, 5.74) is -0.810. The van der Waals surface area contributed by atoms with E-state index in [4.69, 9.17) is 19.2 Å². The first kappa shape index (κ1) is 17.6. The van der Waals surface area contributed by atoms with E-state index in [0.717, 1.165) is 12.8 Å². The number of likely N-dealkylation sites (N-methyl/N-ethyl adjacent to an activating group) is 1. The van der Waals surface area contributed by atoms with Crippen molar-refractivity contribution in [3.05, 3.63) is 11.3 Å². The zero-order chi connectivity index (χ0) is 18.0. The van der Waals surface area contributed by atoms with Crippen molar-refractivity contribution in [2.24, 2.45) is 17.8 Å². The van der Waals surface area contributed by atoms with E-state index in [2.05, 4.69) is 12.2 Å². The second-order valence-corrected chi connectivity index (χ2v) is 7.86. The predicted molar refractivity (Wildman–Crippen MR) is 80.9 cm³/mol. The molecule has 0 aromatic carbocycles. The molecule has 4 heterocycles. The van der Waals surface area contributed by atoms with Gasteiger partial charge in [0, 0.05) is 24.8 Å². The highest BCUT2D eigenvalue weighted by atomic mass is 19.4. The summed E-state index contributed by atoms with van der Waals surface area (Å²) in [6.07, 6.45) is -2.88. The Hall–Kier alpha value is -0.830. The summed E-state index contributed by atoms with van der Waals surface area (Å²) >= 11 is 0. The third kappa shape index (κ3) is 2.44. The minimum Gasteiger partial charge on any atom is -0.456 e. The van der Waals surface area contributed by atoms with E-state index >= 15 is 0 Å². The fourth-order valence-corrected chi connectivity index (χ4v) is 5.13. The van der Waals surface area contributed by atoms with Gasteiger partial charge >= 0.3 is 6.18 Å². The number of fused-ring (bicyclic) bond motifs is 2. The molecule has 5 nitrogen and oxygen atoms in total. The number of alkyl halides is 3. The topological polar surface area (TPSA) is 49.0 Å². The first-order valence-electron chi connectivity index (χ1n) is 8.87. The van der Waals surface area contributed by atoms with Crippen molar-refractivity contribution in [1.29, 1.82) is 0 Å². The first-order valence-corrected chi connectivity index (χ1v) is 8.87. The van der Waals surface area contributed by atoms with E-state index in [-0.39, 0.29) is 18.0 Å². The molecule has 4 fully saturated rings. The Labute approximate surface area is 144 Å². The lowest BCUT2D eigenvalue weighted by Crippen LogP contribution is -2.67. The molecule has 25 heavy (non-hydrogen) atoms. The summed E-state index contributed by atoms with van der Waals surface area (Å²) < 4.78 is 52.4.